The molecule has 1 aromatic rings. The molecule has 18 heavy (non-hydrogen) atoms. The molecule has 0 aliphatic rings. The van der Waals surface area contributed by atoms with Gasteiger partial charge in [0.25, 0.3) is 0 Å². The molecule has 0 saturated carbocycles. The predicted molar refractivity (Wildman–Crippen MR) is 59.9 cm³/mol. The van der Waals surface area contributed by atoms with Crippen LogP contribution in [0.25, 0.3) is 0 Å². The fourth-order valence-electron chi connectivity index (χ4n) is 1.18. The maximum Gasteiger partial charge on any atom is 0.332 e. The summed E-state index contributed by atoms with van der Waals surface area (Å²) in [5.74, 6) is -1.38. The van der Waals surface area contributed by atoms with Crippen LogP contribution in [0.1, 0.15) is 5.56 Å². The molecule has 1 rings (SSSR count). The summed E-state index contributed by atoms with van der Waals surface area (Å²) in [6, 6.07) is 1.11. The lowest BCUT2D eigenvalue weighted by atomic mass is 10.2. The summed E-state index contributed by atoms with van der Waals surface area (Å²) in [6.07, 6.45) is 1.01. The Hall–Kier alpha value is -2.71. The van der Waals surface area contributed by atoms with E-state index in [1.165, 1.54) is 0 Å². The first kappa shape index (κ1) is 13.4. The first-order valence-electron chi connectivity index (χ1n) is 4.56. The van der Waals surface area contributed by atoms with Gasteiger partial charge < -0.3 is 10.5 Å². The minimum atomic E-state index is -0.910. The van der Waals surface area contributed by atoms with Crippen LogP contribution in [-0.2, 0) is 0 Å². The van der Waals surface area contributed by atoms with Crippen molar-refractivity contribution in [3.8, 4) is 5.75 Å². The SMILES string of the molecule is COc1c(F)cc(C=NNC(N)=O)cc1[N+](=O)[O-]. The van der Waals surface area contributed by atoms with Crippen LogP contribution in [0.5, 0.6) is 5.75 Å². The van der Waals surface area contributed by atoms with E-state index < -0.39 is 28.2 Å². The number of urea groups is 1. The van der Waals surface area contributed by atoms with Crippen molar-refractivity contribution >= 4 is 17.9 Å². The molecule has 0 atom stereocenters. The fourth-order valence-corrected chi connectivity index (χ4v) is 1.18. The predicted octanol–water partition coefficient (Wildman–Crippen LogP) is 0.745. The Bertz CT molecular complexity index is 518. The van der Waals surface area contributed by atoms with Crippen LogP contribution >= 0.6 is 0 Å². The van der Waals surface area contributed by atoms with Crippen LogP contribution < -0.4 is 15.9 Å². The number of amides is 2. The van der Waals surface area contributed by atoms with Crippen molar-refractivity contribution < 1.29 is 18.8 Å². The number of methoxy groups -OCH3 is 1. The van der Waals surface area contributed by atoms with Crippen molar-refractivity contribution in [2.24, 2.45) is 10.8 Å². The van der Waals surface area contributed by atoms with Gasteiger partial charge in [0.1, 0.15) is 0 Å². The first-order valence-corrected chi connectivity index (χ1v) is 4.56. The minimum Gasteiger partial charge on any atom is -0.488 e. The summed E-state index contributed by atoms with van der Waals surface area (Å²) in [6.45, 7) is 0. The molecule has 0 unspecified atom stereocenters. The highest BCUT2D eigenvalue weighted by Gasteiger charge is 2.20. The van der Waals surface area contributed by atoms with E-state index >= 15 is 0 Å². The third-order valence-electron chi connectivity index (χ3n) is 1.84. The average Bonchev–Trinajstić information content (AvgIpc) is 2.27. The maximum atomic E-state index is 13.5. The molecule has 96 valence electrons. The number of nitrogens with one attached hydrogen (secondary N) is 1. The molecular formula is C9H9FN4O4. The third kappa shape index (κ3) is 3.14. The molecule has 0 saturated heterocycles. The topological polar surface area (TPSA) is 120 Å². The van der Waals surface area contributed by atoms with Crippen LogP contribution in [0, 0.1) is 15.9 Å². The van der Waals surface area contributed by atoms with Gasteiger partial charge in [0, 0.05) is 11.6 Å². The molecule has 0 aliphatic heterocycles. The number of carbonyl (C=O) groups is 1. The molecule has 0 bridgehead atoms. The van der Waals surface area contributed by atoms with Crippen molar-refractivity contribution in [1.29, 1.82) is 0 Å². The monoisotopic (exact) mass is 256 g/mol. The van der Waals surface area contributed by atoms with Gasteiger partial charge in [-0.05, 0) is 6.07 Å². The molecule has 0 aliphatic carbocycles. The Balaban J connectivity index is 3.13. The molecule has 0 spiro atoms. The van der Waals surface area contributed by atoms with E-state index in [2.05, 4.69) is 9.84 Å². The largest absolute Gasteiger partial charge is 0.488 e. The number of benzene rings is 1. The van der Waals surface area contributed by atoms with Gasteiger partial charge in [-0.2, -0.15) is 5.10 Å². The quantitative estimate of drug-likeness (QED) is 0.469. The van der Waals surface area contributed by atoms with E-state index in [0.29, 0.717) is 0 Å². The van der Waals surface area contributed by atoms with Crippen LogP contribution in [0.4, 0.5) is 14.9 Å². The zero-order chi connectivity index (χ0) is 13.7. The van der Waals surface area contributed by atoms with Crippen molar-refractivity contribution in [2.45, 2.75) is 0 Å². The van der Waals surface area contributed by atoms with Crippen molar-refractivity contribution in [2.75, 3.05) is 7.11 Å². The Morgan fingerprint density at radius 3 is 2.83 bits per heavy atom. The molecule has 0 fully saturated rings. The molecule has 9 heteroatoms. The number of hydrogen-bond acceptors (Lipinski definition) is 5. The van der Waals surface area contributed by atoms with E-state index in [9.17, 15) is 19.3 Å². The Kier molecular flexibility index (Phi) is 4.13. The van der Waals surface area contributed by atoms with Gasteiger partial charge in [0.15, 0.2) is 5.82 Å². The van der Waals surface area contributed by atoms with E-state index in [1.807, 2.05) is 5.43 Å². The number of rotatable bonds is 4. The normalized spacial score (nSPS) is 10.3. The molecular weight excluding hydrogens is 247 g/mol. The van der Waals surface area contributed by atoms with Crippen LogP contribution in [0.2, 0.25) is 0 Å². The van der Waals surface area contributed by atoms with Crippen LogP contribution in [0.15, 0.2) is 17.2 Å². The zero-order valence-corrected chi connectivity index (χ0v) is 9.21. The molecule has 0 aromatic heterocycles. The molecule has 0 radical (unpaired) electrons. The van der Waals surface area contributed by atoms with Crippen LogP contribution in [0.3, 0.4) is 0 Å². The lowest BCUT2D eigenvalue weighted by Gasteiger charge is -2.03. The summed E-state index contributed by atoms with van der Waals surface area (Å²) in [7, 11) is 1.12. The van der Waals surface area contributed by atoms with Gasteiger partial charge in [0.05, 0.1) is 18.2 Å². The van der Waals surface area contributed by atoms with Gasteiger partial charge in [0.2, 0.25) is 5.75 Å². The van der Waals surface area contributed by atoms with E-state index in [-0.39, 0.29) is 5.56 Å². The van der Waals surface area contributed by atoms with Crippen molar-refractivity contribution in [3.63, 3.8) is 0 Å². The Morgan fingerprint density at radius 1 is 1.67 bits per heavy atom. The second-order valence-corrected chi connectivity index (χ2v) is 3.05. The number of nitro benzene ring substituents is 1. The number of halogens is 1. The smallest absolute Gasteiger partial charge is 0.332 e. The summed E-state index contributed by atoms with van der Waals surface area (Å²) >= 11 is 0. The average molecular weight is 256 g/mol. The lowest BCUT2D eigenvalue weighted by molar-refractivity contribution is -0.386. The number of nitrogens with zero attached hydrogens (tertiary/aromatic N) is 2. The summed E-state index contributed by atoms with van der Waals surface area (Å²) in [5.41, 5.74) is 6.15. The van der Waals surface area contributed by atoms with E-state index in [1.54, 1.807) is 0 Å². The van der Waals surface area contributed by atoms with Gasteiger partial charge >= 0.3 is 11.7 Å². The van der Waals surface area contributed by atoms with Gasteiger partial charge in [-0.3, -0.25) is 10.1 Å². The summed E-state index contributed by atoms with van der Waals surface area (Å²) in [4.78, 5) is 20.2. The van der Waals surface area contributed by atoms with Crippen molar-refractivity contribution in [1.82, 2.24) is 5.43 Å². The van der Waals surface area contributed by atoms with Gasteiger partial charge in [-0.15, -0.1) is 0 Å². The molecule has 3 N–H and O–H groups in total. The highest BCUT2D eigenvalue weighted by Crippen LogP contribution is 2.30. The molecule has 8 nitrogen and oxygen atoms in total. The Morgan fingerprint density at radius 2 is 2.33 bits per heavy atom. The summed E-state index contributed by atoms with van der Waals surface area (Å²) in [5, 5.41) is 14.1. The fraction of sp³-hybridized carbons (Fsp3) is 0.111. The highest BCUT2D eigenvalue weighted by atomic mass is 19.1. The molecule has 0 heterocycles. The third-order valence-corrected chi connectivity index (χ3v) is 1.84. The van der Waals surface area contributed by atoms with E-state index in [4.69, 9.17) is 5.73 Å². The molecule has 2 amide bonds. The highest BCUT2D eigenvalue weighted by molar-refractivity contribution is 5.83. The van der Waals surface area contributed by atoms with E-state index in [0.717, 1.165) is 25.5 Å². The minimum absolute atomic E-state index is 0.0775. The number of nitro groups is 1. The number of nitrogens with two attached hydrogens (primary N) is 1. The number of hydrazone groups is 1. The number of carbonyl (C=O) groups excluding carboxylic acids is 1. The van der Waals surface area contributed by atoms with Crippen molar-refractivity contribution in [3.05, 3.63) is 33.6 Å². The second kappa shape index (κ2) is 5.57. The van der Waals surface area contributed by atoms with Crippen LogP contribution in [-0.4, -0.2) is 24.3 Å². The first-order chi connectivity index (χ1) is 8.45. The maximum absolute atomic E-state index is 13.5. The Labute approximate surface area is 100 Å². The van der Waals surface area contributed by atoms with Gasteiger partial charge in [-0.1, -0.05) is 0 Å². The van der Waals surface area contributed by atoms with Gasteiger partial charge in [-0.25, -0.2) is 14.6 Å². The number of ether oxygens (including phenoxy) is 1. The lowest BCUT2D eigenvalue weighted by Crippen LogP contribution is -2.24. The second-order valence-electron chi connectivity index (χ2n) is 3.05. The zero-order valence-electron chi connectivity index (χ0n) is 9.21. The molecule has 1 aromatic carbocycles. The number of primary amides is 1. The summed E-state index contributed by atoms with van der Waals surface area (Å²) < 4.78 is 18.0. The number of hydrogen-bond donors (Lipinski definition) is 2. The standard InChI is InChI=1S/C9H9FN4O4/c1-18-8-6(10)2-5(3-7(8)14(16)17)4-12-13-9(11)15/h2-4H,1H3,(H3,11,13,15).